The van der Waals surface area contributed by atoms with Crippen LogP contribution in [0.3, 0.4) is 0 Å². The van der Waals surface area contributed by atoms with E-state index in [1.54, 1.807) is 18.2 Å². The zero-order valence-electron chi connectivity index (χ0n) is 13.8. The number of nitrogens with one attached hydrogen (secondary N) is 1. The van der Waals surface area contributed by atoms with E-state index in [2.05, 4.69) is 10.3 Å². The molecule has 0 fully saturated rings. The van der Waals surface area contributed by atoms with Gasteiger partial charge in [-0.15, -0.1) is 0 Å². The molecular weight excluding hydrogens is 312 g/mol. The predicted molar refractivity (Wildman–Crippen MR) is 99.9 cm³/mol. The number of nitrogens with two attached hydrogens (primary N) is 2. The fraction of sp³-hybridized carbons (Fsp3) is 0.100. The molecule has 25 heavy (non-hydrogen) atoms. The number of pyridine rings is 1. The van der Waals surface area contributed by atoms with Crippen LogP contribution in [0.25, 0.3) is 0 Å². The fourth-order valence-electron chi connectivity index (χ4n) is 2.68. The van der Waals surface area contributed by atoms with E-state index in [4.69, 9.17) is 11.5 Å². The number of carbonyl (C=O) groups excluding carboxylic acids is 1. The molecule has 1 aromatic heterocycles. The molecule has 5 N–H and O–H groups in total. The number of nitrogen functional groups attached to an aromatic ring is 2. The quantitative estimate of drug-likeness (QED) is 0.669. The van der Waals surface area contributed by atoms with Gasteiger partial charge in [-0.1, -0.05) is 42.5 Å². The van der Waals surface area contributed by atoms with Gasteiger partial charge in [-0.3, -0.25) is 4.79 Å². The molecule has 0 aliphatic carbocycles. The monoisotopic (exact) mass is 332 g/mol. The Morgan fingerprint density at radius 1 is 0.840 bits per heavy atom. The number of benzene rings is 2. The van der Waals surface area contributed by atoms with Crippen LogP contribution < -0.4 is 16.8 Å². The van der Waals surface area contributed by atoms with Crippen molar-refractivity contribution in [3.05, 3.63) is 89.0 Å². The number of anilines is 2. The number of hydrogen-bond acceptors (Lipinski definition) is 4. The lowest BCUT2D eigenvalue weighted by Crippen LogP contribution is -2.22. The molecule has 0 atom stereocenters. The molecule has 5 nitrogen and oxygen atoms in total. The van der Waals surface area contributed by atoms with Crippen LogP contribution in [0.15, 0.2) is 66.7 Å². The van der Waals surface area contributed by atoms with E-state index in [0.717, 1.165) is 16.7 Å². The summed E-state index contributed by atoms with van der Waals surface area (Å²) in [7, 11) is 0. The van der Waals surface area contributed by atoms with E-state index in [-0.39, 0.29) is 5.91 Å². The van der Waals surface area contributed by atoms with E-state index in [9.17, 15) is 4.79 Å². The van der Waals surface area contributed by atoms with Gasteiger partial charge in [-0.25, -0.2) is 4.98 Å². The third-order valence-electron chi connectivity index (χ3n) is 3.82. The lowest BCUT2D eigenvalue weighted by atomic mass is 10.0. The molecule has 3 aromatic rings. The second kappa shape index (κ2) is 7.49. The minimum absolute atomic E-state index is 0.0977. The van der Waals surface area contributed by atoms with Crippen molar-refractivity contribution >= 4 is 17.5 Å². The molecule has 5 heteroatoms. The molecule has 1 heterocycles. The normalized spacial score (nSPS) is 10.4. The molecule has 3 rings (SSSR count). The summed E-state index contributed by atoms with van der Waals surface area (Å²) in [5.41, 5.74) is 15.1. The fourth-order valence-corrected chi connectivity index (χ4v) is 2.68. The largest absolute Gasteiger partial charge is 0.384 e. The Hall–Kier alpha value is -3.34. The summed E-state index contributed by atoms with van der Waals surface area (Å²) in [6, 6.07) is 20.9. The average molecular weight is 332 g/mol. The molecule has 0 radical (unpaired) electrons. The molecule has 0 saturated heterocycles. The van der Waals surface area contributed by atoms with Crippen molar-refractivity contribution in [2.24, 2.45) is 0 Å². The minimum atomic E-state index is -0.0977. The minimum Gasteiger partial charge on any atom is -0.384 e. The van der Waals surface area contributed by atoms with Crippen LogP contribution in [0.5, 0.6) is 0 Å². The Labute approximate surface area is 146 Å². The summed E-state index contributed by atoms with van der Waals surface area (Å²) in [5, 5.41) is 2.94. The first-order valence-electron chi connectivity index (χ1n) is 8.03. The molecule has 0 unspecified atom stereocenters. The van der Waals surface area contributed by atoms with Crippen LogP contribution in [0.2, 0.25) is 0 Å². The zero-order chi connectivity index (χ0) is 17.6. The number of carbonyl (C=O) groups is 1. The molecule has 0 bridgehead atoms. The maximum atomic E-state index is 12.4. The Morgan fingerprint density at radius 3 is 2.24 bits per heavy atom. The van der Waals surface area contributed by atoms with Gasteiger partial charge >= 0.3 is 0 Å². The second-order valence-corrected chi connectivity index (χ2v) is 5.87. The first kappa shape index (κ1) is 16.5. The van der Waals surface area contributed by atoms with Crippen molar-refractivity contribution < 1.29 is 4.79 Å². The maximum absolute atomic E-state index is 12.4. The first-order valence-corrected chi connectivity index (χ1v) is 8.03. The van der Waals surface area contributed by atoms with Gasteiger partial charge in [-0.05, 0) is 47.4 Å². The Bertz CT molecular complexity index is 858. The lowest BCUT2D eigenvalue weighted by molar-refractivity contribution is 0.0951. The van der Waals surface area contributed by atoms with Crippen molar-refractivity contribution in [2.45, 2.75) is 13.0 Å². The standard InChI is InChI=1S/C20H20N4O/c21-18-11-16(12-19(22)24-18)9-15-7-4-8-17(10-15)20(25)23-13-14-5-2-1-3-6-14/h1-8,10-12H,9,13H2,(H,23,25)(H4,21,22,24). The SMILES string of the molecule is Nc1cc(Cc2cccc(C(=O)NCc3ccccc3)c2)cc(N)n1. The van der Waals surface area contributed by atoms with E-state index >= 15 is 0 Å². The van der Waals surface area contributed by atoms with Gasteiger partial charge in [0.15, 0.2) is 0 Å². The molecule has 0 aliphatic heterocycles. The Morgan fingerprint density at radius 2 is 1.52 bits per heavy atom. The Kier molecular flexibility index (Phi) is 4.95. The van der Waals surface area contributed by atoms with Gasteiger partial charge < -0.3 is 16.8 Å². The highest BCUT2D eigenvalue weighted by atomic mass is 16.1. The predicted octanol–water partition coefficient (Wildman–Crippen LogP) is 2.77. The molecule has 1 amide bonds. The molecule has 0 saturated carbocycles. The lowest BCUT2D eigenvalue weighted by Gasteiger charge is -2.08. The number of rotatable bonds is 5. The van der Waals surface area contributed by atoms with Crippen LogP contribution in [-0.4, -0.2) is 10.9 Å². The van der Waals surface area contributed by atoms with Crippen LogP contribution >= 0.6 is 0 Å². The van der Waals surface area contributed by atoms with E-state index in [1.807, 2.05) is 48.5 Å². The zero-order valence-corrected chi connectivity index (χ0v) is 13.8. The van der Waals surface area contributed by atoms with E-state index < -0.39 is 0 Å². The Balaban J connectivity index is 1.69. The third kappa shape index (κ3) is 4.57. The van der Waals surface area contributed by atoms with Gasteiger partial charge in [-0.2, -0.15) is 0 Å². The first-order chi connectivity index (χ1) is 12.1. The average Bonchev–Trinajstić information content (AvgIpc) is 2.60. The number of aromatic nitrogens is 1. The van der Waals surface area contributed by atoms with Gasteiger partial charge in [0.2, 0.25) is 0 Å². The van der Waals surface area contributed by atoms with Crippen molar-refractivity contribution in [2.75, 3.05) is 11.5 Å². The van der Waals surface area contributed by atoms with E-state index in [1.165, 1.54) is 0 Å². The molecular formula is C20H20N4O. The van der Waals surface area contributed by atoms with Gasteiger partial charge in [0.25, 0.3) is 5.91 Å². The van der Waals surface area contributed by atoms with Crippen molar-refractivity contribution in [3.63, 3.8) is 0 Å². The highest BCUT2D eigenvalue weighted by Gasteiger charge is 2.07. The topological polar surface area (TPSA) is 94.0 Å². The van der Waals surface area contributed by atoms with Crippen molar-refractivity contribution in [1.29, 1.82) is 0 Å². The molecule has 2 aromatic carbocycles. The van der Waals surface area contributed by atoms with Crippen LogP contribution in [-0.2, 0) is 13.0 Å². The van der Waals surface area contributed by atoms with Gasteiger partial charge in [0.05, 0.1) is 0 Å². The summed E-state index contributed by atoms with van der Waals surface area (Å²) in [4.78, 5) is 16.3. The van der Waals surface area contributed by atoms with Crippen LogP contribution in [0.1, 0.15) is 27.0 Å². The summed E-state index contributed by atoms with van der Waals surface area (Å²) in [5.74, 6) is 0.693. The number of hydrogen-bond donors (Lipinski definition) is 3. The van der Waals surface area contributed by atoms with E-state index in [0.29, 0.717) is 30.2 Å². The summed E-state index contributed by atoms with van der Waals surface area (Å²) in [6.07, 6.45) is 0.636. The highest BCUT2D eigenvalue weighted by molar-refractivity contribution is 5.94. The highest BCUT2D eigenvalue weighted by Crippen LogP contribution is 2.15. The number of nitrogens with zero attached hydrogens (tertiary/aromatic N) is 1. The summed E-state index contributed by atoms with van der Waals surface area (Å²) in [6.45, 7) is 0.501. The van der Waals surface area contributed by atoms with Gasteiger partial charge in [0, 0.05) is 12.1 Å². The smallest absolute Gasteiger partial charge is 0.251 e. The van der Waals surface area contributed by atoms with Gasteiger partial charge in [0.1, 0.15) is 11.6 Å². The van der Waals surface area contributed by atoms with Crippen LogP contribution in [0, 0.1) is 0 Å². The van der Waals surface area contributed by atoms with Crippen molar-refractivity contribution in [3.8, 4) is 0 Å². The molecule has 0 spiro atoms. The second-order valence-electron chi connectivity index (χ2n) is 5.87. The van der Waals surface area contributed by atoms with Crippen LogP contribution in [0.4, 0.5) is 11.6 Å². The maximum Gasteiger partial charge on any atom is 0.251 e. The molecule has 0 aliphatic rings. The number of amides is 1. The summed E-state index contributed by atoms with van der Waals surface area (Å²) >= 11 is 0. The summed E-state index contributed by atoms with van der Waals surface area (Å²) < 4.78 is 0. The van der Waals surface area contributed by atoms with Crippen molar-refractivity contribution in [1.82, 2.24) is 10.3 Å². The molecule has 126 valence electrons. The third-order valence-corrected chi connectivity index (χ3v) is 3.82.